The Morgan fingerprint density at radius 1 is 1.16 bits per heavy atom. The van der Waals surface area contributed by atoms with Crippen molar-refractivity contribution in [2.45, 2.75) is 6.61 Å². The molecule has 0 heterocycles. The summed E-state index contributed by atoms with van der Waals surface area (Å²) < 4.78 is 12.2. The number of nitro groups is 1. The highest BCUT2D eigenvalue weighted by atomic mass is 127. The smallest absolute Gasteiger partial charge is 0.282 e. The van der Waals surface area contributed by atoms with Crippen molar-refractivity contribution in [2.24, 2.45) is 5.10 Å². The van der Waals surface area contributed by atoms with Gasteiger partial charge in [-0.05, 0) is 51.9 Å². The van der Waals surface area contributed by atoms with E-state index in [1.165, 1.54) is 31.5 Å². The van der Waals surface area contributed by atoms with Crippen molar-refractivity contribution >= 4 is 40.4 Å². The number of methoxy groups -OCH3 is 1. The first kappa shape index (κ1) is 22.2. The minimum Gasteiger partial charge on any atom is -0.493 e. The standard InChI is InChI=1S/C22H18IN3O5/c1-30-20-12-16(11-18(23)21(20)31-14-15-7-3-2-4-8-15)13-24-25-22(27)17-9-5-6-10-19(17)26(28)29/h2-13H,14H2,1H3,(H,25,27)/b24-13-. The number of amides is 1. The van der Waals surface area contributed by atoms with Gasteiger partial charge in [0.25, 0.3) is 11.6 Å². The van der Waals surface area contributed by atoms with Crippen LogP contribution in [-0.4, -0.2) is 24.2 Å². The molecular weight excluding hydrogens is 513 g/mol. The highest BCUT2D eigenvalue weighted by molar-refractivity contribution is 14.1. The highest BCUT2D eigenvalue weighted by Gasteiger charge is 2.18. The van der Waals surface area contributed by atoms with Gasteiger partial charge in [0.2, 0.25) is 0 Å². The van der Waals surface area contributed by atoms with Crippen LogP contribution in [0.1, 0.15) is 21.5 Å². The Kier molecular flexibility index (Phi) is 7.55. The van der Waals surface area contributed by atoms with Crippen LogP contribution in [-0.2, 0) is 6.61 Å². The van der Waals surface area contributed by atoms with E-state index in [1.807, 2.05) is 36.4 Å². The molecule has 1 amide bonds. The molecular formula is C22H18IN3O5. The molecule has 0 aliphatic rings. The molecule has 0 fully saturated rings. The number of rotatable bonds is 8. The Morgan fingerprint density at radius 3 is 2.58 bits per heavy atom. The lowest BCUT2D eigenvalue weighted by atomic mass is 10.2. The van der Waals surface area contributed by atoms with Crippen LogP contribution >= 0.6 is 22.6 Å². The van der Waals surface area contributed by atoms with Gasteiger partial charge in [-0.15, -0.1) is 0 Å². The van der Waals surface area contributed by atoms with Gasteiger partial charge in [0.15, 0.2) is 11.5 Å². The average Bonchev–Trinajstić information content (AvgIpc) is 2.78. The van der Waals surface area contributed by atoms with Gasteiger partial charge < -0.3 is 9.47 Å². The second-order valence-corrected chi connectivity index (χ2v) is 7.44. The maximum atomic E-state index is 12.2. The van der Waals surface area contributed by atoms with Crippen molar-refractivity contribution in [3.8, 4) is 11.5 Å². The average molecular weight is 531 g/mol. The molecule has 31 heavy (non-hydrogen) atoms. The Morgan fingerprint density at radius 2 is 1.87 bits per heavy atom. The summed E-state index contributed by atoms with van der Waals surface area (Å²) >= 11 is 2.13. The van der Waals surface area contributed by atoms with Crippen LogP contribution in [0, 0.1) is 13.7 Å². The number of hydrogen-bond acceptors (Lipinski definition) is 6. The van der Waals surface area contributed by atoms with Gasteiger partial charge in [0.1, 0.15) is 12.2 Å². The number of carbonyl (C=O) groups is 1. The second kappa shape index (κ2) is 10.5. The molecule has 0 spiro atoms. The number of ether oxygens (including phenoxy) is 2. The van der Waals surface area contributed by atoms with Crippen LogP contribution in [0.25, 0.3) is 0 Å². The van der Waals surface area contributed by atoms with Gasteiger partial charge in [-0.2, -0.15) is 5.10 Å². The van der Waals surface area contributed by atoms with Crippen molar-refractivity contribution in [2.75, 3.05) is 7.11 Å². The van der Waals surface area contributed by atoms with Gasteiger partial charge in [-0.3, -0.25) is 14.9 Å². The quantitative estimate of drug-likeness (QED) is 0.199. The van der Waals surface area contributed by atoms with Crippen LogP contribution in [0.5, 0.6) is 11.5 Å². The third-order valence-electron chi connectivity index (χ3n) is 4.20. The van der Waals surface area contributed by atoms with E-state index in [0.717, 1.165) is 9.13 Å². The lowest BCUT2D eigenvalue weighted by Crippen LogP contribution is -2.19. The van der Waals surface area contributed by atoms with Crippen LogP contribution in [0.15, 0.2) is 71.8 Å². The minimum absolute atomic E-state index is 0.0681. The topological polar surface area (TPSA) is 103 Å². The number of carbonyl (C=O) groups excluding carboxylic acids is 1. The summed E-state index contributed by atoms with van der Waals surface area (Å²) in [6.45, 7) is 0.395. The van der Waals surface area contributed by atoms with Gasteiger partial charge in [0, 0.05) is 6.07 Å². The molecule has 0 aliphatic carbocycles. The SMILES string of the molecule is COc1cc(/C=N\NC(=O)c2ccccc2[N+](=O)[O-])cc(I)c1OCc1ccccc1. The van der Waals surface area contributed by atoms with E-state index in [2.05, 4.69) is 33.1 Å². The monoisotopic (exact) mass is 531 g/mol. The van der Waals surface area contributed by atoms with E-state index >= 15 is 0 Å². The zero-order valence-corrected chi connectivity index (χ0v) is 18.6. The second-order valence-electron chi connectivity index (χ2n) is 6.28. The molecule has 0 saturated heterocycles. The molecule has 0 unspecified atom stereocenters. The fourth-order valence-corrected chi connectivity index (χ4v) is 3.52. The Hall–Kier alpha value is -3.47. The summed E-state index contributed by atoms with van der Waals surface area (Å²) in [5.41, 5.74) is 3.65. The molecule has 0 aliphatic heterocycles. The first-order valence-corrected chi connectivity index (χ1v) is 10.2. The first-order valence-electron chi connectivity index (χ1n) is 9.10. The van der Waals surface area contributed by atoms with Gasteiger partial charge in [-0.25, -0.2) is 5.43 Å². The number of nitrogens with one attached hydrogen (secondary N) is 1. The van der Waals surface area contributed by atoms with Crippen molar-refractivity contribution < 1.29 is 19.2 Å². The first-order chi connectivity index (χ1) is 15.0. The number of hydrazone groups is 1. The number of nitrogens with zero attached hydrogens (tertiary/aromatic N) is 2. The predicted octanol–water partition coefficient (Wildman–Crippen LogP) is 4.55. The number of benzene rings is 3. The molecule has 9 heteroatoms. The number of hydrogen-bond donors (Lipinski definition) is 1. The molecule has 3 rings (SSSR count). The summed E-state index contributed by atoms with van der Waals surface area (Å²) in [6.07, 6.45) is 1.43. The third kappa shape index (κ3) is 5.79. The van der Waals surface area contributed by atoms with E-state index in [1.54, 1.807) is 12.1 Å². The van der Waals surface area contributed by atoms with E-state index < -0.39 is 10.8 Å². The molecule has 3 aromatic carbocycles. The number of halogens is 1. The summed E-state index contributed by atoms with van der Waals surface area (Å²) in [5, 5.41) is 15.0. The number of nitro benzene ring substituents is 1. The van der Waals surface area contributed by atoms with Gasteiger partial charge in [0.05, 0.1) is 21.8 Å². The van der Waals surface area contributed by atoms with Crippen LogP contribution in [0.3, 0.4) is 0 Å². The molecule has 3 aromatic rings. The Balaban J connectivity index is 1.72. The van der Waals surface area contributed by atoms with Crippen LogP contribution in [0.4, 0.5) is 5.69 Å². The fraction of sp³-hybridized carbons (Fsp3) is 0.0909. The van der Waals surface area contributed by atoms with Crippen molar-refractivity contribution in [1.29, 1.82) is 0 Å². The molecule has 0 radical (unpaired) electrons. The zero-order chi connectivity index (χ0) is 22.2. The summed E-state index contributed by atoms with van der Waals surface area (Å²) in [4.78, 5) is 22.7. The normalized spacial score (nSPS) is 10.6. The summed E-state index contributed by atoms with van der Waals surface area (Å²) in [6, 6.07) is 19.0. The van der Waals surface area contributed by atoms with Gasteiger partial charge >= 0.3 is 0 Å². The highest BCUT2D eigenvalue weighted by Crippen LogP contribution is 2.34. The largest absolute Gasteiger partial charge is 0.493 e. The van der Waals surface area contributed by atoms with E-state index in [4.69, 9.17) is 9.47 Å². The van der Waals surface area contributed by atoms with Crippen LogP contribution in [0.2, 0.25) is 0 Å². The molecule has 0 bridgehead atoms. The van der Waals surface area contributed by atoms with Crippen molar-refractivity contribution in [3.63, 3.8) is 0 Å². The molecule has 0 saturated carbocycles. The van der Waals surface area contributed by atoms with Crippen LogP contribution < -0.4 is 14.9 Å². The van der Waals surface area contributed by atoms with Crippen molar-refractivity contribution in [3.05, 3.63) is 97.1 Å². The van der Waals surface area contributed by atoms with E-state index in [0.29, 0.717) is 23.7 Å². The summed E-state index contributed by atoms with van der Waals surface area (Å²) in [5.74, 6) is 0.454. The molecule has 8 nitrogen and oxygen atoms in total. The Bertz CT molecular complexity index is 1120. The van der Waals surface area contributed by atoms with E-state index in [-0.39, 0.29) is 11.3 Å². The lowest BCUT2D eigenvalue weighted by molar-refractivity contribution is -0.385. The molecule has 158 valence electrons. The summed E-state index contributed by atoms with van der Waals surface area (Å²) in [7, 11) is 1.54. The van der Waals surface area contributed by atoms with Crippen molar-refractivity contribution in [1.82, 2.24) is 5.43 Å². The maximum absolute atomic E-state index is 12.2. The fourth-order valence-electron chi connectivity index (χ4n) is 2.73. The molecule has 0 aromatic heterocycles. The minimum atomic E-state index is -0.673. The molecule has 1 N–H and O–H groups in total. The lowest BCUT2D eigenvalue weighted by Gasteiger charge is -2.13. The molecule has 0 atom stereocenters. The zero-order valence-electron chi connectivity index (χ0n) is 16.4. The number of para-hydroxylation sites is 1. The third-order valence-corrected chi connectivity index (χ3v) is 5.00. The maximum Gasteiger partial charge on any atom is 0.282 e. The van der Waals surface area contributed by atoms with Gasteiger partial charge in [-0.1, -0.05) is 42.5 Å². The predicted molar refractivity (Wildman–Crippen MR) is 125 cm³/mol. The van der Waals surface area contributed by atoms with E-state index in [9.17, 15) is 14.9 Å². The Labute approximate surface area is 192 Å².